The second kappa shape index (κ2) is 5.59. The minimum absolute atomic E-state index is 0.773. The smallest absolute Gasteiger partial charge is 0.137 e. The van der Waals surface area contributed by atoms with Gasteiger partial charge in [-0.05, 0) is 43.5 Å². The Balaban J connectivity index is 1.84. The van der Waals surface area contributed by atoms with Gasteiger partial charge in [-0.1, -0.05) is 12.1 Å². The van der Waals surface area contributed by atoms with Crippen molar-refractivity contribution in [3.63, 3.8) is 0 Å². The van der Waals surface area contributed by atoms with Crippen molar-refractivity contribution in [2.45, 2.75) is 18.4 Å². The van der Waals surface area contributed by atoms with Crippen LogP contribution in [-0.4, -0.2) is 15.6 Å². The molecule has 0 amide bonds. The van der Waals surface area contributed by atoms with Gasteiger partial charge < -0.3 is 9.72 Å². The predicted octanol–water partition coefficient (Wildman–Crippen LogP) is 3.98. The number of fused-ring (bicyclic) bond motifs is 1. The normalized spacial score (nSPS) is 10.9. The minimum atomic E-state index is 0.773. The summed E-state index contributed by atoms with van der Waals surface area (Å²) in [4.78, 5) is 5.85. The molecule has 0 atom stereocenters. The van der Waals surface area contributed by atoms with E-state index in [1.54, 1.807) is 11.8 Å². The molecule has 3 nitrogen and oxygen atoms in total. The SMILES string of the molecule is CSc1cccc(NCc2c(C)nc3ccccn23)c1. The molecule has 0 bridgehead atoms. The van der Waals surface area contributed by atoms with Crippen LogP contribution in [0.1, 0.15) is 11.4 Å². The highest BCUT2D eigenvalue weighted by molar-refractivity contribution is 7.98. The monoisotopic (exact) mass is 283 g/mol. The Morgan fingerprint density at radius 1 is 1.20 bits per heavy atom. The van der Waals surface area contributed by atoms with Crippen LogP contribution < -0.4 is 5.32 Å². The van der Waals surface area contributed by atoms with E-state index in [1.165, 1.54) is 10.6 Å². The average molecular weight is 283 g/mol. The molecular formula is C16H17N3S. The molecule has 3 aromatic rings. The van der Waals surface area contributed by atoms with E-state index < -0.39 is 0 Å². The molecule has 102 valence electrons. The molecule has 0 saturated carbocycles. The van der Waals surface area contributed by atoms with Crippen molar-refractivity contribution in [3.8, 4) is 0 Å². The van der Waals surface area contributed by atoms with Crippen LogP contribution in [0.15, 0.2) is 53.6 Å². The molecule has 4 heteroatoms. The van der Waals surface area contributed by atoms with Crippen LogP contribution in [-0.2, 0) is 6.54 Å². The van der Waals surface area contributed by atoms with Gasteiger partial charge in [0.1, 0.15) is 5.65 Å². The molecule has 0 radical (unpaired) electrons. The maximum atomic E-state index is 4.58. The minimum Gasteiger partial charge on any atom is -0.379 e. The van der Waals surface area contributed by atoms with Crippen molar-refractivity contribution < 1.29 is 0 Å². The zero-order valence-electron chi connectivity index (χ0n) is 11.6. The van der Waals surface area contributed by atoms with Gasteiger partial charge in [-0.15, -0.1) is 11.8 Å². The van der Waals surface area contributed by atoms with E-state index in [-0.39, 0.29) is 0 Å². The summed E-state index contributed by atoms with van der Waals surface area (Å²) >= 11 is 1.75. The maximum Gasteiger partial charge on any atom is 0.137 e. The number of imidazole rings is 1. The Morgan fingerprint density at radius 2 is 2.10 bits per heavy atom. The summed E-state index contributed by atoms with van der Waals surface area (Å²) in [5.74, 6) is 0. The molecule has 0 saturated heterocycles. The molecule has 0 aliphatic carbocycles. The summed E-state index contributed by atoms with van der Waals surface area (Å²) in [7, 11) is 0. The number of hydrogen-bond acceptors (Lipinski definition) is 3. The van der Waals surface area contributed by atoms with Crippen LogP contribution >= 0.6 is 11.8 Å². The molecule has 2 aromatic heterocycles. The third-order valence-corrected chi connectivity index (χ3v) is 4.08. The topological polar surface area (TPSA) is 29.3 Å². The first kappa shape index (κ1) is 13.1. The number of anilines is 1. The molecule has 2 heterocycles. The molecular weight excluding hydrogens is 266 g/mol. The van der Waals surface area contributed by atoms with Gasteiger partial charge in [0.15, 0.2) is 0 Å². The summed E-state index contributed by atoms with van der Waals surface area (Å²) in [5, 5.41) is 3.48. The molecule has 20 heavy (non-hydrogen) atoms. The summed E-state index contributed by atoms with van der Waals surface area (Å²) < 4.78 is 2.14. The van der Waals surface area contributed by atoms with Gasteiger partial charge in [0.25, 0.3) is 0 Å². The first-order chi connectivity index (χ1) is 9.78. The number of pyridine rings is 1. The van der Waals surface area contributed by atoms with Crippen molar-refractivity contribution in [2.24, 2.45) is 0 Å². The van der Waals surface area contributed by atoms with Crippen molar-refractivity contribution in [1.29, 1.82) is 0 Å². The van der Waals surface area contributed by atoms with Crippen molar-refractivity contribution >= 4 is 23.1 Å². The fourth-order valence-electron chi connectivity index (χ4n) is 2.30. The Labute approximate surface area is 123 Å². The molecule has 3 rings (SSSR count). The van der Waals surface area contributed by atoms with Crippen LogP contribution in [0, 0.1) is 6.92 Å². The number of nitrogens with one attached hydrogen (secondary N) is 1. The average Bonchev–Trinajstić information content (AvgIpc) is 2.81. The van der Waals surface area contributed by atoms with E-state index in [4.69, 9.17) is 0 Å². The van der Waals surface area contributed by atoms with Gasteiger partial charge in [-0.25, -0.2) is 4.98 Å². The highest BCUT2D eigenvalue weighted by Crippen LogP contribution is 2.20. The van der Waals surface area contributed by atoms with Crippen LogP contribution in [0.4, 0.5) is 5.69 Å². The fourth-order valence-corrected chi connectivity index (χ4v) is 2.76. The van der Waals surface area contributed by atoms with E-state index in [2.05, 4.69) is 58.3 Å². The van der Waals surface area contributed by atoms with E-state index in [0.29, 0.717) is 0 Å². The molecule has 1 N–H and O–H groups in total. The van der Waals surface area contributed by atoms with Gasteiger partial charge in [-0.2, -0.15) is 0 Å². The Hall–Kier alpha value is -1.94. The van der Waals surface area contributed by atoms with Crippen LogP contribution in [0.3, 0.4) is 0 Å². The molecule has 0 spiro atoms. The number of hydrogen-bond donors (Lipinski definition) is 1. The first-order valence-corrected chi connectivity index (χ1v) is 7.81. The lowest BCUT2D eigenvalue weighted by Crippen LogP contribution is -2.04. The van der Waals surface area contributed by atoms with Gasteiger partial charge in [0, 0.05) is 16.8 Å². The highest BCUT2D eigenvalue weighted by atomic mass is 32.2. The fraction of sp³-hybridized carbons (Fsp3) is 0.188. The van der Waals surface area contributed by atoms with Crippen molar-refractivity contribution in [3.05, 3.63) is 60.0 Å². The summed E-state index contributed by atoms with van der Waals surface area (Å²) in [5.41, 5.74) is 4.42. The molecule has 0 aliphatic heterocycles. The molecule has 0 aliphatic rings. The van der Waals surface area contributed by atoms with E-state index in [9.17, 15) is 0 Å². The van der Waals surface area contributed by atoms with Crippen molar-refractivity contribution in [1.82, 2.24) is 9.38 Å². The zero-order chi connectivity index (χ0) is 13.9. The van der Waals surface area contributed by atoms with Crippen molar-refractivity contribution in [2.75, 3.05) is 11.6 Å². The summed E-state index contributed by atoms with van der Waals surface area (Å²) in [6.07, 6.45) is 4.15. The van der Waals surface area contributed by atoms with Gasteiger partial charge >= 0.3 is 0 Å². The molecule has 0 fully saturated rings. The summed E-state index contributed by atoms with van der Waals surface area (Å²) in [6, 6.07) is 14.5. The first-order valence-electron chi connectivity index (χ1n) is 6.58. The van der Waals surface area contributed by atoms with Crippen LogP contribution in [0.25, 0.3) is 5.65 Å². The van der Waals surface area contributed by atoms with Gasteiger partial charge in [-0.3, -0.25) is 0 Å². The second-order valence-electron chi connectivity index (χ2n) is 4.66. The third-order valence-electron chi connectivity index (χ3n) is 3.36. The quantitative estimate of drug-likeness (QED) is 0.734. The Morgan fingerprint density at radius 3 is 2.95 bits per heavy atom. The summed E-state index contributed by atoms with van der Waals surface area (Å²) in [6.45, 7) is 2.83. The number of rotatable bonds is 4. The Bertz CT molecular complexity index is 733. The standard InChI is InChI=1S/C16H17N3S/c1-12-15(19-9-4-3-8-16(19)18-12)11-17-13-6-5-7-14(10-13)20-2/h3-10,17H,11H2,1-2H3. The molecule has 0 unspecified atom stereocenters. The van der Waals surface area contributed by atoms with Gasteiger partial charge in [0.2, 0.25) is 0 Å². The number of thioether (sulfide) groups is 1. The lowest BCUT2D eigenvalue weighted by Gasteiger charge is -2.08. The second-order valence-corrected chi connectivity index (χ2v) is 5.54. The Kier molecular flexibility index (Phi) is 3.65. The third kappa shape index (κ3) is 2.51. The molecule has 1 aromatic carbocycles. The maximum absolute atomic E-state index is 4.58. The lowest BCUT2D eigenvalue weighted by atomic mass is 10.3. The zero-order valence-corrected chi connectivity index (χ0v) is 12.4. The number of aromatic nitrogens is 2. The number of benzene rings is 1. The van der Waals surface area contributed by atoms with E-state index >= 15 is 0 Å². The largest absolute Gasteiger partial charge is 0.379 e. The van der Waals surface area contributed by atoms with Crippen LogP contribution in [0.2, 0.25) is 0 Å². The predicted molar refractivity (Wildman–Crippen MR) is 85.5 cm³/mol. The number of nitrogens with zero attached hydrogens (tertiary/aromatic N) is 2. The number of aryl methyl sites for hydroxylation is 1. The van der Waals surface area contributed by atoms with Crippen LogP contribution in [0.5, 0.6) is 0 Å². The van der Waals surface area contributed by atoms with Gasteiger partial charge in [0.05, 0.1) is 17.9 Å². The highest BCUT2D eigenvalue weighted by Gasteiger charge is 2.07. The van der Waals surface area contributed by atoms with E-state index in [0.717, 1.165) is 23.6 Å². The lowest BCUT2D eigenvalue weighted by molar-refractivity contribution is 0.986. The van der Waals surface area contributed by atoms with E-state index in [1.807, 2.05) is 18.2 Å².